The van der Waals surface area contributed by atoms with E-state index in [1.807, 2.05) is 12.1 Å². The molecule has 4 rings (SSSR count). The Hall–Kier alpha value is -1.92. The number of aliphatic hydroxyl groups excluding tert-OH is 1. The van der Waals surface area contributed by atoms with Crippen molar-refractivity contribution in [2.24, 2.45) is 4.99 Å². The third kappa shape index (κ3) is 4.17. The molecular formula is C20H24ClN3O3. The van der Waals surface area contributed by atoms with Crippen molar-refractivity contribution in [3.8, 4) is 5.88 Å². The predicted octanol–water partition coefficient (Wildman–Crippen LogP) is 2.66. The number of aromatic nitrogens is 1. The first-order valence-electron chi connectivity index (χ1n) is 9.58. The summed E-state index contributed by atoms with van der Waals surface area (Å²) in [6.07, 6.45) is 7.90. The maximum atomic E-state index is 11.8. The molecule has 0 unspecified atom stereocenters. The number of hydrogen-bond donors (Lipinski definition) is 1. The van der Waals surface area contributed by atoms with Crippen LogP contribution in [0.15, 0.2) is 34.1 Å². The molecule has 2 fully saturated rings. The number of dihydropyridines is 1. The Morgan fingerprint density at radius 2 is 2.04 bits per heavy atom. The normalized spacial score (nSPS) is 28.7. The highest BCUT2D eigenvalue weighted by atomic mass is 35.5. The van der Waals surface area contributed by atoms with Crippen LogP contribution < -0.4 is 4.74 Å². The zero-order valence-corrected chi connectivity index (χ0v) is 15.9. The Bertz CT molecular complexity index is 771. The van der Waals surface area contributed by atoms with Gasteiger partial charge in [-0.2, -0.15) is 0 Å². The standard InChI is InChI=1S/C20H24ClN3O3/c21-20-17(10-22-11-18(20)26)24-8-6-16(12-24)27-19-9-14(5-7-23-19)13-1-3-15(25)4-2-13/h5,7,9-10,13,15-16,25H,1-4,6,8,11-12H2/t13?,15?,16-/m1/s1. The fourth-order valence-corrected chi connectivity index (χ4v) is 4.30. The largest absolute Gasteiger partial charge is 0.472 e. The van der Waals surface area contributed by atoms with E-state index in [0.717, 1.165) is 38.6 Å². The lowest BCUT2D eigenvalue weighted by molar-refractivity contribution is -0.113. The van der Waals surface area contributed by atoms with Gasteiger partial charge in [-0.3, -0.25) is 9.79 Å². The molecule has 0 bridgehead atoms. The topological polar surface area (TPSA) is 75.0 Å². The summed E-state index contributed by atoms with van der Waals surface area (Å²) in [7, 11) is 0. The van der Waals surface area contributed by atoms with E-state index in [-0.39, 0.29) is 29.6 Å². The Balaban J connectivity index is 1.39. The van der Waals surface area contributed by atoms with Crippen LogP contribution in [0.1, 0.15) is 43.6 Å². The second-order valence-electron chi connectivity index (χ2n) is 7.50. The van der Waals surface area contributed by atoms with Crippen molar-refractivity contribution < 1.29 is 14.6 Å². The predicted molar refractivity (Wildman–Crippen MR) is 103 cm³/mol. The molecule has 144 valence electrons. The SMILES string of the molecule is O=C1CN=CC(N2CC[C@@H](Oc3cc(C4CCC(O)CC4)ccn3)C2)=C1Cl. The second-order valence-corrected chi connectivity index (χ2v) is 7.88. The first-order chi connectivity index (χ1) is 13.1. The minimum absolute atomic E-state index is 0.00308. The fourth-order valence-electron chi connectivity index (χ4n) is 4.07. The van der Waals surface area contributed by atoms with Crippen LogP contribution >= 0.6 is 11.6 Å². The van der Waals surface area contributed by atoms with Gasteiger partial charge in [-0.1, -0.05) is 11.6 Å². The van der Waals surface area contributed by atoms with Crippen LogP contribution in [0, 0.1) is 0 Å². The average Bonchev–Trinajstić information content (AvgIpc) is 3.13. The summed E-state index contributed by atoms with van der Waals surface area (Å²) in [4.78, 5) is 22.3. The minimum Gasteiger partial charge on any atom is -0.472 e. The highest BCUT2D eigenvalue weighted by Gasteiger charge is 2.29. The summed E-state index contributed by atoms with van der Waals surface area (Å²) >= 11 is 6.16. The lowest BCUT2D eigenvalue weighted by Gasteiger charge is -2.26. The van der Waals surface area contributed by atoms with Gasteiger partial charge in [0.2, 0.25) is 5.88 Å². The van der Waals surface area contributed by atoms with Crippen LogP contribution in [0.5, 0.6) is 5.88 Å². The van der Waals surface area contributed by atoms with E-state index in [9.17, 15) is 9.90 Å². The van der Waals surface area contributed by atoms with Crippen LogP contribution in [-0.2, 0) is 4.79 Å². The number of ketones is 1. The summed E-state index contributed by atoms with van der Waals surface area (Å²) < 4.78 is 6.11. The molecule has 6 nitrogen and oxygen atoms in total. The number of ether oxygens (including phenoxy) is 1. The second kappa shape index (κ2) is 7.98. The van der Waals surface area contributed by atoms with Gasteiger partial charge in [0.25, 0.3) is 0 Å². The smallest absolute Gasteiger partial charge is 0.213 e. The van der Waals surface area contributed by atoms with Crippen LogP contribution in [0.3, 0.4) is 0 Å². The third-order valence-electron chi connectivity index (χ3n) is 5.62. The molecule has 1 aromatic rings. The van der Waals surface area contributed by atoms with Gasteiger partial charge in [-0.25, -0.2) is 4.98 Å². The fraction of sp³-hybridized carbons (Fsp3) is 0.550. The number of allylic oxidation sites excluding steroid dienone is 1. The van der Waals surface area contributed by atoms with Crippen molar-refractivity contribution in [3.05, 3.63) is 34.6 Å². The van der Waals surface area contributed by atoms with Crippen molar-refractivity contribution in [2.45, 2.75) is 50.2 Å². The molecule has 7 heteroatoms. The molecule has 2 aliphatic heterocycles. The quantitative estimate of drug-likeness (QED) is 0.856. The van der Waals surface area contributed by atoms with Gasteiger partial charge in [0.1, 0.15) is 17.7 Å². The molecule has 1 aromatic heterocycles. The number of likely N-dealkylation sites (tertiary alicyclic amines) is 1. The van der Waals surface area contributed by atoms with Crippen LogP contribution in [0.25, 0.3) is 0 Å². The number of nitrogens with zero attached hydrogens (tertiary/aromatic N) is 3. The van der Waals surface area contributed by atoms with Crippen molar-refractivity contribution >= 4 is 23.6 Å². The van der Waals surface area contributed by atoms with E-state index in [4.69, 9.17) is 16.3 Å². The Morgan fingerprint density at radius 3 is 2.85 bits per heavy atom. The lowest BCUT2D eigenvalue weighted by Crippen LogP contribution is -2.28. The first-order valence-corrected chi connectivity index (χ1v) is 9.96. The number of carbonyl (C=O) groups is 1. The highest BCUT2D eigenvalue weighted by molar-refractivity contribution is 6.44. The molecule has 0 spiro atoms. The molecule has 1 aliphatic carbocycles. The summed E-state index contributed by atoms with van der Waals surface area (Å²) in [5, 5.41) is 9.97. The highest BCUT2D eigenvalue weighted by Crippen LogP contribution is 2.34. The van der Waals surface area contributed by atoms with Crippen LogP contribution in [0.4, 0.5) is 0 Å². The van der Waals surface area contributed by atoms with Crippen LogP contribution in [0.2, 0.25) is 0 Å². The van der Waals surface area contributed by atoms with Crippen molar-refractivity contribution in [3.63, 3.8) is 0 Å². The molecule has 1 atom stereocenters. The number of hydrogen-bond acceptors (Lipinski definition) is 6. The molecule has 1 saturated carbocycles. The molecular weight excluding hydrogens is 366 g/mol. The molecule has 0 aromatic carbocycles. The summed E-state index contributed by atoms with van der Waals surface area (Å²) in [5.41, 5.74) is 1.93. The van der Waals surface area contributed by atoms with Crippen molar-refractivity contribution in [1.82, 2.24) is 9.88 Å². The molecule has 1 saturated heterocycles. The zero-order valence-electron chi connectivity index (χ0n) is 15.2. The molecule has 1 N–H and O–H groups in total. The summed E-state index contributed by atoms with van der Waals surface area (Å²) in [6.45, 7) is 1.56. The Labute approximate surface area is 163 Å². The monoisotopic (exact) mass is 389 g/mol. The third-order valence-corrected chi connectivity index (χ3v) is 6.02. The van der Waals surface area contributed by atoms with Crippen molar-refractivity contribution in [1.29, 1.82) is 0 Å². The Kier molecular flexibility index (Phi) is 5.45. The minimum atomic E-state index is -0.153. The number of pyridine rings is 1. The molecule has 0 amide bonds. The van der Waals surface area contributed by atoms with Gasteiger partial charge in [0, 0.05) is 31.4 Å². The van der Waals surface area contributed by atoms with Gasteiger partial charge in [-0.05, 0) is 43.2 Å². The average molecular weight is 390 g/mol. The zero-order chi connectivity index (χ0) is 18.8. The number of Topliss-reactive ketones (excluding diaryl/α,β-unsaturated/α-hetero) is 1. The number of aliphatic imine (C=N–C) groups is 1. The van der Waals surface area contributed by atoms with E-state index in [2.05, 4.69) is 14.9 Å². The number of aliphatic hydroxyl groups is 1. The van der Waals surface area contributed by atoms with Gasteiger partial charge in [-0.15, -0.1) is 0 Å². The molecule has 3 aliphatic rings. The van der Waals surface area contributed by atoms with Crippen molar-refractivity contribution in [2.75, 3.05) is 19.6 Å². The maximum Gasteiger partial charge on any atom is 0.213 e. The van der Waals surface area contributed by atoms with Gasteiger partial charge >= 0.3 is 0 Å². The van der Waals surface area contributed by atoms with Gasteiger partial charge < -0.3 is 14.7 Å². The van der Waals surface area contributed by atoms with Gasteiger partial charge in [0.05, 0.1) is 18.3 Å². The van der Waals surface area contributed by atoms with E-state index in [0.29, 0.717) is 24.0 Å². The van der Waals surface area contributed by atoms with Crippen LogP contribution in [-0.4, -0.2) is 58.8 Å². The Morgan fingerprint density at radius 1 is 1.22 bits per heavy atom. The van der Waals surface area contributed by atoms with E-state index in [1.54, 1.807) is 12.4 Å². The molecule has 27 heavy (non-hydrogen) atoms. The maximum absolute atomic E-state index is 11.8. The summed E-state index contributed by atoms with van der Waals surface area (Å²) in [5.74, 6) is 0.969. The van der Waals surface area contributed by atoms with E-state index < -0.39 is 0 Å². The van der Waals surface area contributed by atoms with Gasteiger partial charge in [0.15, 0.2) is 5.78 Å². The first kappa shape index (κ1) is 18.4. The summed E-state index contributed by atoms with van der Waals surface area (Å²) in [6, 6.07) is 4.08. The molecule has 0 radical (unpaired) electrons. The number of halogens is 1. The van der Waals surface area contributed by atoms with E-state index in [1.165, 1.54) is 5.56 Å². The lowest BCUT2D eigenvalue weighted by atomic mass is 9.83. The number of rotatable bonds is 4. The van der Waals surface area contributed by atoms with E-state index >= 15 is 0 Å². The molecule has 3 heterocycles. The number of carbonyl (C=O) groups excluding carboxylic acids is 1.